The minimum atomic E-state index is 0.893. The molecule has 4 rings (SSSR count). The highest BCUT2D eigenvalue weighted by molar-refractivity contribution is 8.23. The van der Waals surface area contributed by atoms with Crippen molar-refractivity contribution in [3.8, 4) is 11.1 Å². The Morgan fingerprint density at radius 3 is 2.08 bits per heavy atom. The molecule has 0 aliphatic rings. The fourth-order valence-corrected chi connectivity index (χ4v) is 4.08. The van der Waals surface area contributed by atoms with Crippen LogP contribution in [-0.2, 0) is 5.75 Å². The van der Waals surface area contributed by atoms with Crippen LogP contribution in [0.4, 0.5) is 0 Å². The summed E-state index contributed by atoms with van der Waals surface area (Å²) in [7, 11) is 0. The molecule has 0 radical (unpaired) electrons. The van der Waals surface area contributed by atoms with Gasteiger partial charge in [0, 0.05) is 5.75 Å². The maximum Gasteiger partial charge on any atom is 0.0781 e. The lowest BCUT2D eigenvalue weighted by atomic mass is 10.0. The summed E-state index contributed by atoms with van der Waals surface area (Å²) in [4.78, 5) is 0. The van der Waals surface area contributed by atoms with E-state index in [1.807, 2.05) is 6.07 Å². The van der Waals surface area contributed by atoms with Crippen LogP contribution in [0.3, 0.4) is 0 Å². The number of thiocarbonyl (C=S) groups is 1. The zero-order valence-electron chi connectivity index (χ0n) is 14.3. The molecule has 26 heavy (non-hydrogen) atoms. The number of rotatable bonds is 4. The highest BCUT2D eigenvalue weighted by atomic mass is 32.2. The first-order valence-electron chi connectivity index (χ1n) is 8.60. The monoisotopic (exact) mass is 370 g/mol. The van der Waals surface area contributed by atoms with E-state index in [1.54, 1.807) is 11.8 Å². The third-order valence-corrected chi connectivity index (χ3v) is 5.98. The zero-order valence-corrected chi connectivity index (χ0v) is 15.9. The molecule has 0 aromatic heterocycles. The Labute approximate surface area is 163 Å². The molecule has 0 N–H and O–H groups in total. The second kappa shape index (κ2) is 7.86. The van der Waals surface area contributed by atoms with Crippen molar-refractivity contribution < 1.29 is 0 Å². The van der Waals surface area contributed by atoms with Crippen LogP contribution in [0.25, 0.3) is 21.9 Å². The van der Waals surface area contributed by atoms with Crippen LogP contribution in [0.2, 0.25) is 0 Å². The van der Waals surface area contributed by atoms with Gasteiger partial charge in [0.25, 0.3) is 0 Å². The van der Waals surface area contributed by atoms with E-state index >= 15 is 0 Å². The summed E-state index contributed by atoms with van der Waals surface area (Å²) < 4.78 is 0.942. The fourth-order valence-electron chi connectivity index (χ4n) is 2.99. The van der Waals surface area contributed by atoms with Crippen molar-refractivity contribution >= 4 is 38.9 Å². The van der Waals surface area contributed by atoms with E-state index in [1.165, 1.54) is 27.5 Å². The van der Waals surface area contributed by atoms with Crippen molar-refractivity contribution in [2.24, 2.45) is 0 Å². The lowest BCUT2D eigenvalue weighted by Crippen LogP contribution is -1.93. The quantitative estimate of drug-likeness (QED) is 0.351. The Bertz CT molecular complexity index is 1030. The van der Waals surface area contributed by atoms with E-state index in [0.29, 0.717) is 0 Å². The van der Waals surface area contributed by atoms with Crippen LogP contribution in [0.1, 0.15) is 11.1 Å². The maximum atomic E-state index is 5.64. The SMILES string of the molecule is S=C(SCc1ccc2ccccc2c1)c1ccc(-c2ccccc2)cc1. The molecule has 0 heterocycles. The number of hydrogen-bond acceptors (Lipinski definition) is 2. The van der Waals surface area contributed by atoms with E-state index in [4.69, 9.17) is 12.2 Å². The minimum absolute atomic E-state index is 0.893. The predicted molar refractivity (Wildman–Crippen MR) is 119 cm³/mol. The van der Waals surface area contributed by atoms with Gasteiger partial charge in [0.05, 0.1) is 4.20 Å². The first-order chi connectivity index (χ1) is 12.8. The molecule has 0 aliphatic heterocycles. The molecule has 2 heteroatoms. The lowest BCUT2D eigenvalue weighted by Gasteiger charge is -2.07. The molecular weight excluding hydrogens is 352 g/mol. The van der Waals surface area contributed by atoms with Gasteiger partial charge in [-0.25, -0.2) is 0 Å². The molecule has 126 valence electrons. The Balaban J connectivity index is 1.44. The first kappa shape index (κ1) is 17.0. The normalized spacial score (nSPS) is 10.8. The van der Waals surface area contributed by atoms with Gasteiger partial charge in [-0.15, -0.1) is 11.8 Å². The maximum absolute atomic E-state index is 5.64. The molecule has 0 amide bonds. The summed E-state index contributed by atoms with van der Waals surface area (Å²) in [5.74, 6) is 0.893. The van der Waals surface area contributed by atoms with Crippen LogP contribution >= 0.6 is 24.0 Å². The third kappa shape index (κ3) is 3.87. The molecule has 0 spiro atoms. The van der Waals surface area contributed by atoms with E-state index in [0.717, 1.165) is 15.5 Å². The van der Waals surface area contributed by atoms with E-state index < -0.39 is 0 Å². The summed E-state index contributed by atoms with van der Waals surface area (Å²) in [6.07, 6.45) is 0. The van der Waals surface area contributed by atoms with Gasteiger partial charge < -0.3 is 0 Å². The summed E-state index contributed by atoms with van der Waals surface area (Å²) in [6.45, 7) is 0. The smallest absolute Gasteiger partial charge is 0.0781 e. The number of benzene rings is 4. The van der Waals surface area contributed by atoms with Crippen LogP contribution in [0.15, 0.2) is 97.1 Å². The predicted octanol–water partition coefficient (Wildman–Crippen LogP) is 7.12. The van der Waals surface area contributed by atoms with Gasteiger partial charge in [-0.1, -0.05) is 109 Å². The van der Waals surface area contributed by atoms with Gasteiger partial charge in [-0.2, -0.15) is 0 Å². The standard InChI is InChI=1S/C24H18S2/c25-24(22-14-12-21(13-15-22)19-6-2-1-3-7-19)26-17-18-10-11-20-8-4-5-9-23(20)16-18/h1-16H,17H2. The second-order valence-electron chi connectivity index (χ2n) is 6.20. The van der Waals surface area contributed by atoms with Gasteiger partial charge in [0.2, 0.25) is 0 Å². The fraction of sp³-hybridized carbons (Fsp3) is 0.0417. The Morgan fingerprint density at radius 1 is 0.654 bits per heavy atom. The lowest BCUT2D eigenvalue weighted by molar-refractivity contribution is 1.45. The van der Waals surface area contributed by atoms with Crippen molar-refractivity contribution in [1.29, 1.82) is 0 Å². The number of fused-ring (bicyclic) bond motifs is 1. The molecule has 0 saturated heterocycles. The highest BCUT2D eigenvalue weighted by Crippen LogP contribution is 2.25. The van der Waals surface area contributed by atoms with Crippen molar-refractivity contribution in [3.63, 3.8) is 0 Å². The molecular formula is C24H18S2. The number of thioether (sulfide) groups is 1. The molecule has 0 fully saturated rings. The third-order valence-electron chi connectivity index (χ3n) is 4.41. The van der Waals surface area contributed by atoms with Gasteiger partial charge in [0.1, 0.15) is 0 Å². The van der Waals surface area contributed by atoms with Crippen molar-refractivity contribution in [3.05, 3.63) is 108 Å². The van der Waals surface area contributed by atoms with Gasteiger partial charge in [0.15, 0.2) is 0 Å². The zero-order chi connectivity index (χ0) is 17.8. The molecule has 0 nitrogen and oxygen atoms in total. The molecule has 0 bridgehead atoms. The molecule has 0 unspecified atom stereocenters. The van der Waals surface area contributed by atoms with Crippen molar-refractivity contribution in [2.75, 3.05) is 0 Å². The average molecular weight is 371 g/mol. The first-order valence-corrected chi connectivity index (χ1v) is 9.99. The van der Waals surface area contributed by atoms with E-state index in [2.05, 4.69) is 91.0 Å². The van der Waals surface area contributed by atoms with Gasteiger partial charge in [-0.3, -0.25) is 0 Å². The minimum Gasteiger partial charge on any atom is -0.109 e. The summed E-state index contributed by atoms with van der Waals surface area (Å²) in [5, 5.41) is 2.56. The second-order valence-corrected chi connectivity index (χ2v) is 7.85. The molecule has 0 aliphatic carbocycles. The average Bonchev–Trinajstić information content (AvgIpc) is 2.72. The molecule has 4 aromatic rings. The molecule has 0 atom stereocenters. The van der Waals surface area contributed by atoms with Crippen molar-refractivity contribution in [1.82, 2.24) is 0 Å². The molecule has 4 aromatic carbocycles. The van der Waals surface area contributed by atoms with Gasteiger partial charge in [-0.05, 0) is 33.0 Å². The summed E-state index contributed by atoms with van der Waals surface area (Å²) in [6, 6.07) is 34.0. The van der Waals surface area contributed by atoms with Crippen LogP contribution in [0.5, 0.6) is 0 Å². The van der Waals surface area contributed by atoms with E-state index in [9.17, 15) is 0 Å². The topological polar surface area (TPSA) is 0 Å². The largest absolute Gasteiger partial charge is 0.109 e. The summed E-state index contributed by atoms with van der Waals surface area (Å²) >= 11 is 7.36. The number of hydrogen-bond donors (Lipinski definition) is 0. The summed E-state index contributed by atoms with van der Waals surface area (Å²) in [5.41, 5.74) is 4.87. The van der Waals surface area contributed by atoms with Crippen LogP contribution in [0, 0.1) is 0 Å². The van der Waals surface area contributed by atoms with Crippen LogP contribution < -0.4 is 0 Å². The molecule has 0 saturated carbocycles. The van der Waals surface area contributed by atoms with Gasteiger partial charge >= 0.3 is 0 Å². The Morgan fingerprint density at radius 2 is 1.31 bits per heavy atom. The Hall–Kier alpha value is -2.42. The Kier molecular flexibility index (Phi) is 5.14. The van der Waals surface area contributed by atoms with E-state index in [-0.39, 0.29) is 0 Å². The van der Waals surface area contributed by atoms with Crippen LogP contribution in [-0.4, -0.2) is 4.20 Å². The highest BCUT2D eigenvalue weighted by Gasteiger charge is 2.05. The van der Waals surface area contributed by atoms with Crippen molar-refractivity contribution in [2.45, 2.75) is 5.75 Å².